The van der Waals surface area contributed by atoms with Crippen molar-refractivity contribution >= 4 is 41.2 Å². The third-order valence-corrected chi connectivity index (χ3v) is 4.91. The standard InChI is InChI=1S/C23H26N2O6S/c1-3-30-22(28)17-9-11-18(12-10-17)24-20(26)15-31-23(29)19(13-14-32-2)25-21(27)16-7-5-4-6-8-16/h4-12,19H,3,13-15H2,1-2H3,(H,24,26)(H,25,27)/t19-/m0/s1. The van der Waals surface area contributed by atoms with Crippen LogP contribution in [-0.2, 0) is 19.1 Å². The first-order chi connectivity index (χ1) is 15.4. The number of hydrogen-bond acceptors (Lipinski definition) is 7. The zero-order valence-electron chi connectivity index (χ0n) is 18.0. The molecule has 0 fully saturated rings. The fourth-order valence-corrected chi connectivity index (χ4v) is 3.13. The fourth-order valence-electron chi connectivity index (χ4n) is 2.65. The number of benzene rings is 2. The van der Waals surface area contributed by atoms with Gasteiger partial charge in [-0.2, -0.15) is 11.8 Å². The van der Waals surface area contributed by atoms with Crippen LogP contribution in [0.5, 0.6) is 0 Å². The summed E-state index contributed by atoms with van der Waals surface area (Å²) in [6, 6.07) is 13.8. The van der Waals surface area contributed by atoms with E-state index in [1.165, 1.54) is 23.9 Å². The van der Waals surface area contributed by atoms with Crippen molar-refractivity contribution in [2.45, 2.75) is 19.4 Å². The first-order valence-corrected chi connectivity index (χ1v) is 11.4. The predicted octanol–water partition coefficient (Wildman–Crippen LogP) is 2.90. The highest BCUT2D eigenvalue weighted by Crippen LogP contribution is 2.11. The zero-order chi connectivity index (χ0) is 23.3. The molecule has 2 aromatic rings. The third kappa shape index (κ3) is 8.07. The topological polar surface area (TPSA) is 111 Å². The van der Waals surface area contributed by atoms with Crippen LogP contribution in [0.3, 0.4) is 0 Å². The molecule has 32 heavy (non-hydrogen) atoms. The van der Waals surface area contributed by atoms with Crippen LogP contribution in [-0.4, -0.2) is 55.0 Å². The molecule has 2 aromatic carbocycles. The normalized spacial score (nSPS) is 11.2. The molecular weight excluding hydrogens is 432 g/mol. The minimum Gasteiger partial charge on any atom is -0.462 e. The number of thioether (sulfide) groups is 1. The molecule has 0 aliphatic rings. The summed E-state index contributed by atoms with van der Waals surface area (Å²) in [6.07, 6.45) is 2.26. The van der Waals surface area contributed by atoms with Crippen molar-refractivity contribution < 1.29 is 28.7 Å². The monoisotopic (exact) mass is 458 g/mol. The van der Waals surface area contributed by atoms with Gasteiger partial charge in [-0.05, 0) is 61.8 Å². The second kappa shape index (κ2) is 13.2. The Bertz CT molecular complexity index is 918. The Balaban J connectivity index is 1.88. The van der Waals surface area contributed by atoms with Gasteiger partial charge in [-0.25, -0.2) is 9.59 Å². The van der Waals surface area contributed by atoms with Gasteiger partial charge in [0.25, 0.3) is 11.8 Å². The lowest BCUT2D eigenvalue weighted by Crippen LogP contribution is -2.43. The Morgan fingerprint density at radius 3 is 2.25 bits per heavy atom. The number of carbonyl (C=O) groups is 4. The number of anilines is 1. The molecule has 0 aliphatic heterocycles. The van der Waals surface area contributed by atoms with Crippen LogP contribution in [0, 0.1) is 0 Å². The van der Waals surface area contributed by atoms with Crippen LogP contribution in [0.4, 0.5) is 5.69 Å². The molecule has 0 spiro atoms. The number of carbonyl (C=O) groups excluding carboxylic acids is 4. The van der Waals surface area contributed by atoms with Gasteiger partial charge in [-0.3, -0.25) is 9.59 Å². The summed E-state index contributed by atoms with van der Waals surface area (Å²) in [6.45, 7) is 1.48. The zero-order valence-corrected chi connectivity index (χ0v) is 18.8. The van der Waals surface area contributed by atoms with Gasteiger partial charge >= 0.3 is 11.9 Å². The molecule has 9 heteroatoms. The van der Waals surface area contributed by atoms with Gasteiger partial charge in [0.05, 0.1) is 12.2 Å². The summed E-state index contributed by atoms with van der Waals surface area (Å²) in [4.78, 5) is 48.7. The molecule has 2 amide bonds. The maximum atomic E-state index is 12.5. The summed E-state index contributed by atoms with van der Waals surface area (Å²) in [5.74, 6) is -1.43. The molecule has 0 heterocycles. The van der Waals surface area contributed by atoms with Gasteiger partial charge in [-0.15, -0.1) is 0 Å². The van der Waals surface area contributed by atoms with E-state index in [2.05, 4.69) is 10.6 Å². The number of esters is 2. The first-order valence-electron chi connectivity index (χ1n) is 10.0. The number of hydrogen-bond donors (Lipinski definition) is 2. The van der Waals surface area contributed by atoms with Crippen LogP contribution < -0.4 is 10.6 Å². The Morgan fingerprint density at radius 2 is 1.62 bits per heavy atom. The summed E-state index contributed by atoms with van der Waals surface area (Å²) in [5.41, 5.74) is 1.23. The molecule has 0 aliphatic carbocycles. The Hall–Kier alpha value is -3.33. The SMILES string of the molecule is CCOC(=O)c1ccc(NC(=O)COC(=O)[C@H](CCSC)NC(=O)c2ccccc2)cc1. The molecule has 0 unspecified atom stereocenters. The van der Waals surface area contributed by atoms with Crippen LogP contribution in [0.15, 0.2) is 54.6 Å². The van der Waals surface area contributed by atoms with E-state index in [4.69, 9.17) is 9.47 Å². The Labute approximate surface area is 191 Å². The van der Waals surface area contributed by atoms with Crippen LogP contribution >= 0.6 is 11.8 Å². The van der Waals surface area contributed by atoms with E-state index in [9.17, 15) is 19.2 Å². The average Bonchev–Trinajstić information content (AvgIpc) is 2.81. The van der Waals surface area contributed by atoms with E-state index in [1.54, 1.807) is 49.4 Å². The van der Waals surface area contributed by atoms with Gasteiger partial charge in [0.1, 0.15) is 6.04 Å². The van der Waals surface area contributed by atoms with E-state index < -0.39 is 30.5 Å². The molecule has 1 atom stereocenters. The molecule has 0 aromatic heterocycles. The van der Waals surface area contributed by atoms with Gasteiger partial charge < -0.3 is 20.1 Å². The lowest BCUT2D eigenvalue weighted by atomic mass is 10.1. The lowest BCUT2D eigenvalue weighted by molar-refractivity contribution is -0.149. The second-order valence-electron chi connectivity index (χ2n) is 6.63. The number of rotatable bonds is 11. The molecule has 2 N–H and O–H groups in total. The molecule has 170 valence electrons. The summed E-state index contributed by atoms with van der Waals surface area (Å²) >= 11 is 1.53. The fraction of sp³-hybridized carbons (Fsp3) is 0.304. The molecule has 2 rings (SSSR count). The average molecular weight is 459 g/mol. The summed E-state index contributed by atoms with van der Waals surface area (Å²) in [5, 5.41) is 5.25. The maximum Gasteiger partial charge on any atom is 0.338 e. The molecule has 0 saturated heterocycles. The number of amides is 2. The van der Waals surface area contributed by atoms with Gasteiger partial charge in [0.2, 0.25) is 0 Å². The van der Waals surface area contributed by atoms with Gasteiger partial charge in [0, 0.05) is 11.3 Å². The van der Waals surface area contributed by atoms with E-state index in [0.717, 1.165) is 0 Å². The largest absolute Gasteiger partial charge is 0.462 e. The van der Waals surface area contributed by atoms with Crippen molar-refractivity contribution in [3.8, 4) is 0 Å². The maximum absolute atomic E-state index is 12.5. The van der Waals surface area contributed by atoms with E-state index in [1.807, 2.05) is 6.26 Å². The molecule has 8 nitrogen and oxygen atoms in total. The Morgan fingerprint density at radius 1 is 0.938 bits per heavy atom. The summed E-state index contributed by atoms with van der Waals surface area (Å²) < 4.78 is 10.0. The van der Waals surface area contributed by atoms with E-state index in [0.29, 0.717) is 29.0 Å². The quantitative estimate of drug-likeness (QED) is 0.498. The van der Waals surface area contributed by atoms with Crippen molar-refractivity contribution in [1.29, 1.82) is 0 Å². The van der Waals surface area contributed by atoms with Crippen molar-refractivity contribution in [2.24, 2.45) is 0 Å². The number of ether oxygens (including phenoxy) is 2. The molecular formula is C23H26N2O6S. The first kappa shape index (κ1) is 24.9. The second-order valence-corrected chi connectivity index (χ2v) is 7.61. The van der Waals surface area contributed by atoms with Gasteiger partial charge in [0.15, 0.2) is 6.61 Å². The van der Waals surface area contributed by atoms with E-state index >= 15 is 0 Å². The third-order valence-electron chi connectivity index (χ3n) is 4.26. The minimum atomic E-state index is -0.869. The van der Waals surface area contributed by atoms with Crippen LogP contribution in [0.1, 0.15) is 34.1 Å². The van der Waals surface area contributed by atoms with Crippen molar-refractivity contribution in [2.75, 3.05) is 30.5 Å². The van der Waals surface area contributed by atoms with Crippen LogP contribution in [0.2, 0.25) is 0 Å². The highest BCUT2D eigenvalue weighted by Gasteiger charge is 2.23. The van der Waals surface area contributed by atoms with Gasteiger partial charge in [-0.1, -0.05) is 18.2 Å². The highest BCUT2D eigenvalue weighted by atomic mass is 32.2. The highest BCUT2D eigenvalue weighted by molar-refractivity contribution is 7.98. The van der Waals surface area contributed by atoms with Crippen LogP contribution in [0.25, 0.3) is 0 Å². The van der Waals surface area contributed by atoms with Crippen molar-refractivity contribution in [1.82, 2.24) is 5.32 Å². The predicted molar refractivity (Wildman–Crippen MR) is 123 cm³/mol. The van der Waals surface area contributed by atoms with Crippen molar-refractivity contribution in [3.05, 3.63) is 65.7 Å². The van der Waals surface area contributed by atoms with Crippen molar-refractivity contribution in [3.63, 3.8) is 0 Å². The minimum absolute atomic E-state index is 0.270. The summed E-state index contributed by atoms with van der Waals surface area (Å²) in [7, 11) is 0. The number of nitrogens with one attached hydrogen (secondary N) is 2. The van der Waals surface area contributed by atoms with E-state index in [-0.39, 0.29) is 12.5 Å². The molecule has 0 bridgehead atoms. The Kier molecular flexibility index (Phi) is 10.3. The molecule has 0 saturated carbocycles. The molecule has 0 radical (unpaired) electrons. The smallest absolute Gasteiger partial charge is 0.338 e. The lowest BCUT2D eigenvalue weighted by Gasteiger charge is -2.17.